The third-order valence-corrected chi connectivity index (χ3v) is 8.58. The number of benzene rings is 2. The molecule has 0 radical (unpaired) electrons. The summed E-state index contributed by atoms with van der Waals surface area (Å²) in [5.74, 6) is 5.33. The second-order valence-corrected chi connectivity index (χ2v) is 12.3. The van der Waals surface area contributed by atoms with Crippen LogP contribution >= 0.6 is 38.6 Å². The molecule has 0 unspecified atom stereocenters. The number of ether oxygens (including phenoxy) is 1. The van der Waals surface area contributed by atoms with Crippen LogP contribution in [-0.2, 0) is 20.0 Å². The van der Waals surface area contributed by atoms with E-state index in [1.807, 2.05) is 0 Å². The Hall–Kier alpha value is -1.80. The number of hydrogen-bond donors (Lipinski definition) is 3. The molecule has 2 aromatic heterocycles. The molecule has 6 N–H and O–H groups in total. The maximum atomic E-state index is 11.1. The number of phenolic OH excluding ortho intramolecular Hbond substituents is 1. The zero-order valence-corrected chi connectivity index (χ0v) is 25.9. The molecule has 4 aromatic rings. The fraction of sp³-hybridized carbons (Fsp3) is 0.100. The van der Waals surface area contributed by atoms with Crippen molar-refractivity contribution in [2.75, 3.05) is 11.9 Å². The minimum Gasteiger partial charge on any atom is -0.870 e. The molecule has 0 aliphatic rings. The van der Waals surface area contributed by atoms with Crippen LogP contribution in [-0.4, -0.2) is 49.3 Å². The van der Waals surface area contributed by atoms with Crippen molar-refractivity contribution in [1.29, 1.82) is 0 Å². The number of thiazole rings is 2. The number of hydrogen-bond acceptors (Lipinski definition) is 11. The maximum absolute atomic E-state index is 11.1. The molecule has 4 rings (SSSR count). The van der Waals surface area contributed by atoms with Crippen LogP contribution in [0.2, 0.25) is 0 Å². The number of nitrogens with zero attached hydrogens (tertiary/aromatic N) is 2. The van der Waals surface area contributed by atoms with Crippen molar-refractivity contribution in [3.8, 4) is 36.2 Å². The Morgan fingerprint density at radius 3 is 1.81 bits per heavy atom. The van der Waals surface area contributed by atoms with E-state index in [2.05, 4.69) is 37.7 Å². The zero-order valence-electron chi connectivity index (χ0n) is 19.0. The molecule has 0 aliphatic carbocycles. The molecule has 0 aliphatic heterocycles. The van der Waals surface area contributed by atoms with E-state index < -0.39 is 20.0 Å². The van der Waals surface area contributed by atoms with Gasteiger partial charge in [-0.3, -0.25) is 0 Å². The Labute approximate surface area is 252 Å². The molecule has 2 heterocycles. The molecular weight excluding hydrogens is 639 g/mol. The average molecular weight is 658 g/mol. The number of phenols is 1. The first-order valence-electron chi connectivity index (χ1n) is 9.00. The minimum atomic E-state index is -3.76. The number of halogens is 1. The quantitative estimate of drug-likeness (QED) is 0.146. The number of terminal acetylenes is 2. The fourth-order valence-corrected chi connectivity index (χ4v) is 5.61. The van der Waals surface area contributed by atoms with Crippen molar-refractivity contribution in [1.82, 2.24) is 9.97 Å². The van der Waals surface area contributed by atoms with E-state index >= 15 is 0 Å². The van der Waals surface area contributed by atoms with Gasteiger partial charge in [0.05, 0.1) is 25.8 Å². The molecule has 0 fully saturated rings. The van der Waals surface area contributed by atoms with Crippen molar-refractivity contribution in [2.45, 2.75) is 8.68 Å². The predicted molar refractivity (Wildman–Crippen MR) is 143 cm³/mol. The van der Waals surface area contributed by atoms with Gasteiger partial charge in [-0.15, -0.1) is 35.5 Å². The number of fused-ring (bicyclic) bond motifs is 2. The van der Waals surface area contributed by atoms with Crippen LogP contribution in [0.25, 0.3) is 20.4 Å². The summed E-state index contributed by atoms with van der Waals surface area (Å²) in [6, 6.07) is 9.43. The van der Waals surface area contributed by atoms with Gasteiger partial charge in [0.25, 0.3) is 20.0 Å². The first-order valence-corrected chi connectivity index (χ1v) is 14.8. The van der Waals surface area contributed by atoms with E-state index in [4.69, 9.17) is 33.0 Å². The number of primary sulfonamides is 2. The van der Waals surface area contributed by atoms with Gasteiger partial charge in [-0.25, -0.2) is 37.1 Å². The van der Waals surface area contributed by atoms with E-state index in [9.17, 15) is 16.8 Å². The Morgan fingerprint density at radius 2 is 1.38 bits per heavy atom. The summed E-state index contributed by atoms with van der Waals surface area (Å²) in [4.78, 5) is 7.73. The van der Waals surface area contributed by atoms with Crippen LogP contribution in [0.5, 0.6) is 11.5 Å². The van der Waals surface area contributed by atoms with Gasteiger partial charge in [-0.2, -0.15) is 0 Å². The minimum absolute atomic E-state index is 0. The molecule has 0 saturated carbocycles. The summed E-state index contributed by atoms with van der Waals surface area (Å²) in [5, 5.41) is 19.7. The monoisotopic (exact) mass is 656 g/mol. The number of sulfonamides is 2. The van der Waals surface area contributed by atoms with Crippen LogP contribution in [0.4, 0.5) is 0 Å². The predicted octanol–water partition coefficient (Wildman–Crippen LogP) is -0.553. The summed E-state index contributed by atoms with van der Waals surface area (Å²) < 4.78 is 50.4. The molecule has 192 valence electrons. The van der Waals surface area contributed by atoms with Gasteiger partial charge in [0.15, 0.2) is 0 Å². The topological polar surface area (TPSA) is 206 Å². The molecule has 0 saturated heterocycles. The van der Waals surface area contributed by atoms with E-state index in [-0.39, 0.29) is 56.1 Å². The fourth-order valence-electron chi connectivity index (χ4n) is 2.23. The zero-order chi connectivity index (χ0) is 26.2. The van der Waals surface area contributed by atoms with Gasteiger partial charge in [-0.05, 0) is 36.4 Å². The van der Waals surface area contributed by atoms with Gasteiger partial charge in [0.1, 0.15) is 18.1 Å². The van der Waals surface area contributed by atoms with Crippen LogP contribution in [0.3, 0.4) is 0 Å². The molecule has 0 amide bonds. The molecule has 0 bridgehead atoms. The number of rotatable bonds is 4. The van der Waals surface area contributed by atoms with Gasteiger partial charge >= 0.3 is 29.6 Å². The Balaban J connectivity index is 0.000000592. The summed E-state index contributed by atoms with van der Waals surface area (Å²) in [6.07, 6.45) is 9.80. The van der Waals surface area contributed by atoms with Gasteiger partial charge in [0, 0.05) is 0 Å². The number of alkyl halides is 1. The Kier molecular flexibility index (Phi) is 14.8. The standard InChI is InChI=1S/C10H8N2O3S2.C7H6N2O3S2.C3H3Br.Na.H2O/c1-2-5-15-7-3-4-8-9(6-7)16-10(12-8)17(11,13)14;8-14(11,12)7-9-5-2-1-4(10)3-6(5)13-7;1-2-3-4;;/h1,3-4,6H,5H2,(H2,11,13,14);1-3,10H,(H2,8,11,12);1H,3H2;;1H2/q;;;+1;/p-1. The normalized spacial score (nSPS) is 10.3. The second kappa shape index (κ2) is 15.6. The van der Waals surface area contributed by atoms with E-state index in [0.717, 1.165) is 22.7 Å². The smallest absolute Gasteiger partial charge is 0.870 e. The van der Waals surface area contributed by atoms with Crippen molar-refractivity contribution < 1.29 is 61.7 Å². The van der Waals surface area contributed by atoms with Crippen molar-refractivity contribution in [3.05, 3.63) is 36.4 Å². The van der Waals surface area contributed by atoms with Crippen molar-refractivity contribution >= 4 is 79.1 Å². The largest absolute Gasteiger partial charge is 1.00 e. The second-order valence-electron chi connectivity index (χ2n) is 6.16. The van der Waals surface area contributed by atoms with E-state index in [1.54, 1.807) is 18.2 Å². The first kappa shape index (κ1) is 35.2. The van der Waals surface area contributed by atoms with Gasteiger partial charge < -0.3 is 15.3 Å². The third kappa shape index (κ3) is 10.8. The maximum Gasteiger partial charge on any atom is 1.00 e. The molecule has 17 heteroatoms. The number of nitrogens with two attached hydrogens (primary N) is 2. The summed E-state index contributed by atoms with van der Waals surface area (Å²) in [6.45, 7) is 0.159. The summed E-state index contributed by atoms with van der Waals surface area (Å²) in [5.41, 5.74) is 1.07. The third-order valence-electron chi connectivity index (χ3n) is 3.58. The molecule has 0 atom stereocenters. The number of aromatic hydroxyl groups is 1. The van der Waals surface area contributed by atoms with Crippen molar-refractivity contribution in [2.24, 2.45) is 10.3 Å². The molecule has 11 nitrogen and oxygen atoms in total. The van der Waals surface area contributed by atoms with Crippen LogP contribution in [0.15, 0.2) is 45.1 Å². The SMILES string of the molecule is C#CCBr.C#CCOc1ccc2nc(S(N)(=O)=O)sc2c1.NS(=O)(=O)c1nc2ccc(O)cc2s1.[Na+].[OH-]. The van der Waals surface area contributed by atoms with E-state index in [1.165, 1.54) is 18.2 Å². The van der Waals surface area contributed by atoms with Crippen LogP contribution in [0, 0.1) is 24.7 Å². The van der Waals surface area contributed by atoms with Crippen LogP contribution < -0.4 is 44.6 Å². The van der Waals surface area contributed by atoms with Gasteiger partial charge in [-0.1, -0.05) is 27.8 Å². The first-order chi connectivity index (χ1) is 16.4. The Morgan fingerprint density at radius 1 is 0.919 bits per heavy atom. The van der Waals surface area contributed by atoms with Gasteiger partial charge in [0.2, 0.25) is 8.68 Å². The molecule has 37 heavy (non-hydrogen) atoms. The van der Waals surface area contributed by atoms with E-state index in [0.29, 0.717) is 31.5 Å². The summed E-state index contributed by atoms with van der Waals surface area (Å²) in [7, 11) is -7.51. The average Bonchev–Trinajstić information content (AvgIpc) is 3.41. The molecule has 0 spiro atoms. The number of aromatic nitrogens is 2. The van der Waals surface area contributed by atoms with Crippen LogP contribution in [0.1, 0.15) is 0 Å². The molecular formula is C20H18BrN4NaO7S4. The Bertz CT molecular complexity index is 1640. The molecule has 2 aromatic carbocycles. The summed E-state index contributed by atoms with van der Waals surface area (Å²) >= 11 is 4.94. The van der Waals surface area contributed by atoms with Crippen molar-refractivity contribution in [3.63, 3.8) is 0 Å².